The number of nitrogens with zero attached hydrogens (tertiary/aromatic N) is 2. The Hall–Kier alpha value is -0.900. The molecule has 0 aliphatic carbocycles. The maximum absolute atomic E-state index is 5.79. The van der Waals surface area contributed by atoms with Gasteiger partial charge in [-0.1, -0.05) is 13.8 Å². The summed E-state index contributed by atoms with van der Waals surface area (Å²) in [5.74, 6) is 2.17. The maximum Gasteiger partial charge on any atom is 0.130 e. The molecule has 0 saturated carbocycles. The molecule has 4 heteroatoms. The van der Waals surface area contributed by atoms with Gasteiger partial charge in [0.1, 0.15) is 5.82 Å². The topological polar surface area (TPSA) is 42.1 Å². The molecule has 2 rings (SSSR count). The largest absolute Gasteiger partial charge is 0.399 e. The third-order valence-corrected chi connectivity index (χ3v) is 4.30. The Morgan fingerprint density at radius 2 is 2.25 bits per heavy atom. The summed E-state index contributed by atoms with van der Waals surface area (Å²) in [5, 5.41) is 0. The first kappa shape index (κ1) is 11.6. The first-order chi connectivity index (χ1) is 7.57. The number of rotatable bonds is 1. The van der Waals surface area contributed by atoms with Crippen molar-refractivity contribution in [2.75, 3.05) is 29.5 Å². The Kier molecular flexibility index (Phi) is 3.28. The Labute approximate surface area is 101 Å². The van der Waals surface area contributed by atoms with Gasteiger partial charge in [0.05, 0.1) is 0 Å². The number of nitrogen functional groups attached to an aromatic ring is 1. The van der Waals surface area contributed by atoms with Crippen LogP contribution in [0.4, 0.5) is 11.5 Å². The third-order valence-electron chi connectivity index (χ3n) is 2.93. The Bertz CT molecular complexity index is 365. The SMILES string of the molecule is CC1(C)CCN(c2cc(N)ccn2)CCS1. The minimum Gasteiger partial charge on any atom is -0.399 e. The van der Waals surface area contributed by atoms with E-state index in [2.05, 4.69) is 23.7 Å². The second kappa shape index (κ2) is 4.53. The lowest BCUT2D eigenvalue weighted by molar-refractivity contribution is 0.635. The van der Waals surface area contributed by atoms with Crippen LogP contribution >= 0.6 is 11.8 Å². The lowest BCUT2D eigenvalue weighted by atomic mass is 10.1. The van der Waals surface area contributed by atoms with E-state index in [1.807, 2.05) is 23.9 Å². The van der Waals surface area contributed by atoms with E-state index in [0.29, 0.717) is 4.75 Å². The van der Waals surface area contributed by atoms with Crippen molar-refractivity contribution in [2.45, 2.75) is 25.0 Å². The van der Waals surface area contributed by atoms with Gasteiger partial charge in [0, 0.05) is 41.5 Å². The Balaban J connectivity index is 2.11. The monoisotopic (exact) mass is 237 g/mol. The summed E-state index contributed by atoms with van der Waals surface area (Å²) in [6.45, 7) is 6.75. The molecule has 0 radical (unpaired) electrons. The van der Waals surface area contributed by atoms with Crippen LogP contribution in [0.2, 0.25) is 0 Å². The highest BCUT2D eigenvalue weighted by molar-refractivity contribution is 8.00. The van der Waals surface area contributed by atoms with Crippen LogP contribution in [0, 0.1) is 0 Å². The third kappa shape index (κ3) is 2.82. The van der Waals surface area contributed by atoms with Crippen LogP contribution in [0.5, 0.6) is 0 Å². The summed E-state index contributed by atoms with van der Waals surface area (Å²) in [5.41, 5.74) is 6.58. The normalized spacial score (nSPS) is 20.5. The maximum atomic E-state index is 5.79. The molecule has 0 bridgehead atoms. The van der Waals surface area contributed by atoms with Crippen molar-refractivity contribution in [1.29, 1.82) is 0 Å². The van der Waals surface area contributed by atoms with Crippen molar-refractivity contribution < 1.29 is 0 Å². The van der Waals surface area contributed by atoms with E-state index in [1.165, 1.54) is 6.42 Å². The molecule has 88 valence electrons. The number of anilines is 2. The molecule has 1 aromatic heterocycles. The standard InChI is InChI=1S/C12H19N3S/c1-12(2)4-6-15(7-8-16-12)11-9-10(13)3-5-14-11/h3,5,9H,4,6-8H2,1-2H3,(H2,13,14). The molecule has 2 heterocycles. The van der Waals surface area contributed by atoms with E-state index < -0.39 is 0 Å². The number of thioether (sulfide) groups is 1. The number of hydrogen-bond acceptors (Lipinski definition) is 4. The molecule has 1 aliphatic heterocycles. The molecule has 0 aromatic carbocycles. The average Bonchev–Trinajstić information content (AvgIpc) is 2.39. The molecular formula is C12H19N3S. The zero-order chi connectivity index (χ0) is 11.6. The Morgan fingerprint density at radius 1 is 1.44 bits per heavy atom. The van der Waals surface area contributed by atoms with Crippen LogP contribution in [0.1, 0.15) is 20.3 Å². The summed E-state index contributed by atoms with van der Waals surface area (Å²) < 4.78 is 0.384. The molecule has 0 unspecified atom stereocenters. The van der Waals surface area contributed by atoms with Crippen LogP contribution < -0.4 is 10.6 Å². The minimum absolute atomic E-state index is 0.384. The molecule has 1 saturated heterocycles. The van der Waals surface area contributed by atoms with Crippen LogP contribution in [0.15, 0.2) is 18.3 Å². The van der Waals surface area contributed by atoms with Gasteiger partial charge in [-0.2, -0.15) is 11.8 Å². The van der Waals surface area contributed by atoms with Crippen molar-refractivity contribution in [2.24, 2.45) is 0 Å². The lowest BCUT2D eigenvalue weighted by Crippen LogP contribution is -2.27. The number of aromatic nitrogens is 1. The number of pyridine rings is 1. The van der Waals surface area contributed by atoms with Crippen LogP contribution in [0.3, 0.4) is 0 Å². The molecule has 1 fully saturated rings. The molecular weight excluding hydrogens is 218 g/mol. The van der Waals surface area contributed by atoms with E-state index in [1.54, 1.807) is 6.20 Å². The Morgan fingerprint density at radius 3 is 3.00 bits per heavy atom. The highest BCUT2D eigenvalue weighted by Crippen LogP contribution is 2.31. The predicted octanol–water partition coefficient (Wildman–Crippen LogP) is 2.39. The van der Waals surface area contributed by atoms with Gasteiger partial charge in [-0.15, -0.1) is 0 Å². The summed E-state index contributed by atoms with van der Waals surface area (Å²) in [6, 6.07) is 3.79. The summed E-state index contributed by atoms with van der Waals surface area (Å²) >= 11 is 2.04. The predicted molar refractivity (Wildman–Crippen MR) is 72.0 cm³/mol. The minimum atomic E-state index is 0.384. The van der Waals surface area contributed by atoms with Gasteiger partial charge < -0.3 is 10.6 Å². The zero-order valence-corrected chi connectivity index (χ0v) is 10.8. The van der Waals surface area contributed by atoms with E-state index in [0.717, 1.165) is 30.3 Å². The van der Waals surface area contributed by atoms with Gasteiger partial charge in [-0.3, -0.25) is 0 Å². The summed E-state index contributed by atoms with van der Waals surface area (Å²) in [6.07, 6.45) is 2.97. The number of hydrogen-bond donors (Lipinski definition) is 1. The van der Waals surface area contributed by atoms with Crippen LogP contribution in [-0.2, 0) is 0 Å². The van der Waals surface area contributed by atoms with Gasteiger partial charge in [0.2, 0.25) is 0 Å². The van der Waals surface area contributed by atoms with Crippen LogP contribution in [0.25, 0.3) is 0 Å². The van der Waals surface area contributed by atoms with Gasteiger partial charge in [-0.05, 0) is 12.5 Å². The fraction of sp³-hybridized carbons (Fsp3) is 0.583. The second-order valence-electron chi connectivity index (χ2n) is 4.79. The van der Waals surface area contributed by atoms with E-state index in [4.69, 9.17) is 5.73 Å². The fourth-order valence-electron chi connectivity index (χ4n) is 1.86. The second-order valence-corrected chi connectivity index (χ2v) is 6.59. The molecule has 2 N–H and O–H groups in total. The molecule has 16 heavy (non-hydrogen) atoms. The average molecular weight is 237 g/mol. The first-order valence-electron chi connectivity index (χ1n) is 5.67. The van der Waals surface area contributed by atoms with Crippen LogP contribution in [-0.4, -0.2) is 28.6 Å². The van der Waals surface area contributed by atoms with Crippen molar-refractivity contribution in [3.63, 3.8) is 0 Å². The molecule has 1 aromatic rings. The first-order valence-corrected chi connectivity index (χ1v) is 6.66. The van der Waals surface area contributed by atoms with Crippen molar-refractivity contribution in [1.82, 2.24) is 4.98 Å². The van der Waals surface area contributed by atoms with E-state index >= 15 is 0 Å². The molecule has 0 amide bonds. The quantitative estimate of drug-likeness (QED) is 0.814. The highest BCUT2D eigenvalue weighted by Gasteiger charge is 2.24. The highest BCUT2D eigenvalue weighted by atomic mass is 32.2. The van der Waals surface area contributed by atoms with Gasteiger partial charge in [-0.25, -0.2) is 4.98 Å². The summed E-state index contributed by atoms with van der Waals surface area (Å²) in [7, 11) is 0. The lowest BCUT2D eigenvalue weighted by Gasteiger charge is -2.23. The van der Waals surface area contributed by atoms with E-state index in [9.17, 15) is 0 Å². The zero-order valence-electron chi connectivity index (χ0n) is 9.94. The summed E-state index contributed by atoms with van der Waals surface area (Å²) in [4.78, 5) is 6.72. The fourth-order valence-corrected chi connectivity index (χ4v) is 2.96. The number of nitrogens with two attached hydrogens (primary N) is 1. The van der Waals surface area contributed by atoms with E-state index in [-0.39, 0.29) is 0 Å². The van der Waals surface area contributed by atoms with Gasteiger partial charge in [0.25, 0.3) is 0 Å². The molecule has 1 aliphatic rings. The van der Waals surface area contributed by atoms with Crippen molar-refractivity contribution in [3.05, 3.63) is 18.3 Å². The molecule has 0 spiro atoms. The van der Waals surface area contributed by atoms with Crippen molar-refractivity contribution >= 4 is 23.3 Å². The van der Waals surface area contributed by atoms with Gasteiger partial charge in [0.15, 0.2) is 0 Å². The molecule has 3 nitrogen and oxygen atoms in total. The molecule has 0 atom stereocenters. The van der Waals surface area contributed by atoms with Crippen molar-refractivity contribution in [3.8, 4) is 0 Å². The smallest absolute Gasteiger partial charge is 0.130 e. The van der Waals surface area contributed by atoms with Gasteiger partial charge >= 0.3 is 0 Å².